The second kappa shape index (κ2) is 8.10. The molecule has 4 nitrogen and oxygen atoms in total. The number of aromatic nitrogens is 3. The fourth-order valence-electron chi connectivity index (χ4n) is 4.68. The molecule has 2 fully saturated rings. The number of hydrogen-bond acceptors (Lipinski definition) is 3. The number of rotatable bonds is 5. The predicted octanol–water partition coefficient (Wildman–Crippen LogP) is 5.36. The molecule has 0 unspecified atom stereocenters. The molecule has 0 N–H and O–H groups in total. The Morgan fingerprint density at radius 1 is 0.969 bits per heavy atom. The molecule has 1 saturated heterocycles. The Labute approximate surface area is 182 Å². The summed E-state index contributed by atoms with van der Waals surface area (Å²) in [6.45, 7) is 1.20. The molecule has 1 aromatic carbocycles. The largest absolute Gasteiger partial charge is 0.420 e. The summed E-state index contributed by atoms with van der Waals surface area (Å²) < 4.78 is 70.8. The number of pyridine rings is 1. The van der Waals surface area contributed by atoms with Gasteiger partial charge in [-0.25, -0.2) is 8.78 Å². The van der Waals surface area contributed by atoms with Crippen LogP contribution >= 0.6 is 0 Å². The molecular weight excluding hydrogens is 427 g/mol. The van der Waals surface area contributed by atoms with E-state index < -0.39 is 23.4 Å². The van der Waals surface area contributed by atoms with Crippen molar-refractivity contribution >= 4 is 5.65 Å². The molecule has 1 aliphatic carbocycles. The summed E-state index contributed by atoms with van der Waals surface area (Å²) in [7, 11) is 0. The summed E-state index contributed by atoms with van der Waals surface area (Å²) in [6, 6.07) is 5.10. The van der Waals surface area contributed by atoms with Gasteiger partial charge in [0.2, 0.25) is 0 Å². The molecule has 0 atom stereocenters. The highest BCUT2D eigenvalue weighted by molar-refractivity contribution is 5.53. The van der Waals surface area contributed by atoms with Gasteiger partial charge in [0.25, 0.3) is 0 Å². The summed E-state index contributed by atoms with van der Waals surface area (Å²) in [5.41, 5.74) is -0.243. The second-order valence-electron chi connectivity index (χ2n) is 8.89. The molecule has 9 heteroatoms. The normalized spacial score (nSPS) is 18.5. The predicted molar refractivity (Wildman–Crippen MR) is 108 cm³/mol. The summed E-state index contributed by atoms with van der Waals surface area (Å²) >= 11 is 0. The Balaban J connectivity index is 1.35. The number of likely N-dealkylation sites (tertiary alicyclic amines) is 1. The van der Waals surface area contributed by atoms with E-state index in [1.54, 1.807) is 6.20 Å². The second-order valence-corrected chi connectivity index (χ2v) is 8.89. The van der Waals surface area contributed by atoms with Crippen LogP contribution in [0.2, 0.25) is 0 Å². The SMILES string of the molecule is Fc1ccc(C2CCN(Cc3ccn4c(CC5CC5)nnc4c3C(F)(F)F)CC2)c(F)c1. The van der Waals surface area contributed by atoms with E-state index in [1.807, 2.05) is 4.90 Å². The summed E-state index contributed by atoms with van der Waals surface area (Å²) in [4.78, 5) is 1.94. The first-order valence-electron chi connectivity index (χ1n) is 10.9. The molecule has 0 spiro atoms. The minimum absolute atomic E-state index is 0.0714. The monoisotopic (exact) mass is 450 g/mol. The smallest absolute Gasteiger partial charge is 0.299 e. The fraction of sp³-hybridized carbons (Fsp3) is 0.478. The average molecular weight is 450 g/mol. The molecule has 5 rings (SSSR count). The highest BCUT2D eigenvalue weighted by Crippen LogP contribution is 2.38. The van der Waals surface area contributed by atoms with Crippen LogP contribution in [-0.4, -0.2) is 32.6 Å². The Morgan fingerprint density at radius 2 is 1.72 bits per heavy atom. The van der Waals surface area contributed by atoms with Crippen molar-refractivity contribution in [3.8, 4) is 0 Å². The minimum atomic E-state index is -4.54. The lowest BCUT2D eigenvalue weighted by Crippen LogP contribution is -2.33. The number of piperidine rings is 1. The summed E-state index contributed by atoms with van der Waals surface area (Å²) in [6.07, 6.45) is 1.10. The van der Waals surface area contributed by atoms with E-state index in [9.17, 15) is 22.0 Å². The van der Waals surface area contributed by atoms with Crippen LogP contribution < -0.4 is 0 Å². The maximum atomic E-state index is 14.1. The molecule has 2 aromatic heterocycles. The molecule has 0 radical (unpaired) electrons. The Morgan fingerprint density at radius 3 is 2.38 bits per heavy atom. The molecular formula is C23H23F5N4. The Kier molecular flexibility index (Phi) is 5.39. The van der Waals surface area contributed by atoms with Crippen LogP contribution in [0, 0.1) is 17.6 Å². The van der Waals surface area contributed by atoms with Crippen molar-refractivity contribution in [3.05, 3.63) is 64.6 Å². The van der Waals surface area contributed by atoms with Crippen molar-refractivity contribution in [1.29, 1.82) is 0 Å². The molecule has 3 aromatic rings. The van der Waals surface area contributed by atoms with Gasteiger partial charge in [-0.15, -0.1) is 10.2 Å². The van der Waals surface area contributed by atoms with Crippen LogP contribution in [0.25, 0.3) is 5.65 Å². The third-order valence-corrected chi connectivity index (χ3v) is 6.57. The molecule has 170 valence electrons. The first-order valence-corrected chi connectivity index (χ1v) is 10.9. The van der Waals surface area contributed by atoms with E-state index in [2.05, 4.69) is 10.2 Å². The molecule has 32 heavy (non-hydrogen) atoms. The lowest BCUT2D eigenvalue weighted by Gasteiger charge is -2.33. The van der Waals surface area contributed by atoms with Gasteiger partial charge in [0.1, 0.15) is 23.0 Å². The van der Waals surface area contributed by atoms with Gasteiger partial charge >= 0.3 is 6.18 Å². The molecule has 1 aliphatic heterocycles. The zero-order valence-electron chi connectivity index (χ0n) is 17.4. The van der Waals surface area contributed by atoms with Crippen molar-refractivity contribution in [2.45, 2.75) is 50.7 Å². The van der Waals surface area contributed by atoms with Gasteiger partial charge in [0, 0.05) is 25.2 Å². The van der Waals surface area contributed by atoms with Gasteiger partial charge in [0.15, 0.2) is 5.65 Å². The first kappa shape index (κ1) is 21.3. The van der Waals surface area contributed by atoms with E-state index >= 15 is 0 Å². The van der Waals surface area contributed by atoms with Gasteiger partial charge in [0.05, 0.1) is 0 Å². The summed E-state index contributed by atoms with van der Waals surface area (Å²) in [5, 5.41) is 7.92. The van der Waals surface area contributed by atoms with Gasteiger partial charge in [-0.2, -0.15) is 13.2 Å². The first-order chi connectivity index (χ1) is 15.3. The number of hydrogen-bond donors (Lipinski definition) is 0. The van der Waals surface area contributed by atoms with Crippen LogP contribution in [0.15, 0.2) is 30.5 Å². The lowest BCUT2D eigenvalue weighted by molar-refractivity contribution is -0.137. The van der Waals surface area contributed by atoms with E-state index in [-0.39, 0.29) is 23.7 Å². The number of nitrogens with zero attached hydrogens (tertiary/aromatic N) is 4. The van der Waals surface area contributed by atoms with Crippen LogP contribution in [0.4, 0.5) is 22.0 Å². The van der Waals surface area contributed by atoms with Gasteiger partial charge in [-0.05, 0) is 73.9 Å². The zero-order chi connectivity index (χ0) is 22.5. The minimum Gasteiger partial charge on any atom is -0.299 e. The van der Waals surface area contributed by atoms with E-state index in [0.717, 1.165) is 18.9 Å². The number of fused-ring (bicyclic) bond motifs is 1. The van der Waals surface area contributed by atoms with Crippen molar-refractivity contribution < 1.29 is 22.0 Å². The Bertz CT molecular complexity index is 1130. The van der Waals surface area contributed by atoms with Crippen LogP contribution in [0.1, 0.15) is 54.1 Å². The van der Waals surface area contributed by atoms with Crippen molar-refractivity contribution in [1.82, 2.24) is 19.5 Å². The third-order valence-electron chi connectivity index (χ3n) is 6.57. The van der Waals surface area contributed by atoms with Crippen LogP contribution in [0.3, 0.4) is 0 Å². The molecule has 3 heterocycles. The van der Waals surface area contributed by atoms with E-state index in [1.165, 1.54) is 22.6 Å². The molecule has 0 amide bonds. The maximum Gasteiger partial charge on any atom is 0.420 e. The van der Waals surface area contributed by atoms with Crippen molar-refractivity contribution in [2.24, 2.45) is 5.92 Å². The molecule has 0 bridgehead atoms. The van der Waals surface area contributed by atoms with Crippen LogP contribution in [0.5, 0.6) is 0 Å². The summed E-state index contributed by atoms with van der Waals surface area (Å²) in [5.74, 6) is -0.196. The number of alkyl halides is 3. The average Bonchev–Trinajstić information content (AvgIpc) is 3.46. The highest BCUT2D eigenvalue weighted by Gasteiger charge is 2.38. The van der Waals surface area contributed by atoms with Gasteiger partial charge < -0.3 is 0 Å². The fourth-order valence-corrected chi connectivity index (χ4v) is 4.68. The van der Waals surface area contributed by atoms with E-state index in [4.69, 9.17) is 0 Å². The Hall–Kier alpha value is -2.55. The topological polar surface area (TPSA) is 33.4 Å². The standard InChI is InChI=1S/C23H23F5N4/c24-17-3-4-18(19(25)12-17)15-5-8-31(9-6-15)13-16-7-10-32-20(11-14-1-2-14)29-30-22(32)21(16)23(26,27)28/h3-4,7,10,12,14-15H,1-2,5-6,8-9,11,13H2. The van der Waals surface area contributed by atoms with Crippen LogP contribution in [-0.2, 0) is 19.1 Å². The van der Waals surface area contributed by atoms with E-state index in [0.29, 0.717) is 49.7 Å². The lowest BCUT2D eigenvalue weighted by atomic mass is 9.89. The molecule has 1 saturated carbocycles. The number of halogens is 5. The van der Waals surface area contributed by atoms with Gasteiger partial charge in [-0.1, -0.05) is 6.07 Å². The van der Waals surface area contributed by atoms with Crippen molar-refractivity contribution in [2.75, 3.05) is 13.1 Å². The number of benzene rings is 1. The highest BCUT2D eigenvalue weighted by atomic mass is 19.4. The zero-order valence-corrected chi connectivity index (χ0v) is 17.4. The molecule has 2 aliphatic rings. The van der Waals surface area contributed by atoms with Gasteiger partial charge in [-0.3, -0.25) is 9.30 Å². The third kappa shape index (κ3) is 4.22. The maximum absolute atomic E-state index is 14.1. The quantitative estimate of drug-likeness (QED) is 0.491. The van der Waals surface area contributed by atoms with Crippen molar-refractivity contribution in [3.63, 3.8) is 0 Å².